The number of alkyl halides is 3. The fourth-order valence-electron chi connectivity index (χ4n) is 2.43. The van der Waals surface area contributed by atoms with Gasteiger partial charge >= 0.3 is 6.36 Å². The van der Waals surface area contributed by atoms with Crippen LogP contribution in [0.25, 0.3) is 0 Å². The number of carbonyl (C=O) groups excluding carboxylic acids is 2. The molecule has 1 heterocycles. The number of carboxylic acid groups (broad SMARTS) is 1. The summed E-state index contributed by atoms with van der Waals surface area (Å²) in [4.78, 5) is 24.2. The molecule has 0 atom stereocenters. The Labute approximate surface area is 134 Å². The van der Waals surface area contributed by atoms with Gasteiger partial charge < -0.3 is 19.5 Å². The summed E-state index contributed by atoms with van der Waals surface area (Å²) in [5.41, 5.74) is -0.0692. The third-order valence-corrected chi connectivity index (χ3v) is 3.89. The van der Waals surface area contributed by atoms with Crippen LogP contribution in [0.3, 0.4) is 0 Å². The first kappa shape index (κ1) is 17.4. The fraction of sp³-hybridized carbons (Fsp3) is 0.429. The molecule has 0 bridgehead atoms. The fourth-order valence-corrected chi connectivity index (χ4v) is 2.65. The zero-order chi connectivity index (χ0) is 17.2. The van der Waals surface area contributed by atoms with Crippen molar-refractivity contribution in [3.8, 4) is 5.75 Å². The number of hydrogen-bond acceptors (Lipinski definition) is 4. The standard InChI is InChI=1S/C14H13ClF3NO4/c15-11-2-1-9(23-14(16,17)18)7-10(11)12(20)8-3-5-19(6-4-8)13(21)22/h1-2,7-8H,3-6H2,(H,21,22)/p-1. The monoisotopic (exact) mass is 350 g/mol. The maximum atomic E-state index is 12.4. The van der Waals surface area contributed by atoms with Gasteiger partial charge in [0.1, 0.15) is 11.8 Å². The van der Waals surface area contributed by atoms with E-state index in [1.54, 1.807) is 0 Å². The Morgan fingerprint density at radius 1 is 1.26 bits per heavy atom. The quantitative estimate of drug-likeness (QED) is 0.785. The molecule has 1 aromatic rings. The minimum absolute atomic E-state index is 0.0202. The lowest BCUT2D eigenvalue weighted by molar-refractivity contribution is -0.274. The molecule has 5 nitrogen and oxygen atoms in total. The van der Waals surface area contributed by atoms with E-state index in [9.17, 15) is 27.9 Å². The number of ketones is 1. The highest BCUT2D eigenvalue weighted by Gasteiger charge is 2.32. The van der Waals surface area contributed by atoms with E-state index in [4.69, 9.17) is 11.6 Å². The van der Waals surface area contributed by atoms with Gasteiger partial charge in [0.2, 0.25) is 0 Å². The molecule has 0 N–H and O–H groups in total. The second-order valence-corrected chi connectivity index (χ2v) is 5.49. The van der Waals surface area contributed by atoms with Gasteiger partial charge in [0.25, 0.3) is 0 Å². The van der Waals surface area contributed by atoms with Gasteiger partial charge in [-0.2, -0.15) is 0 Å². The third kappa shape index (κ3) is 4.51. The zero-order valence-corrected chi connectivity index (χ0v) is 12.5. The van der Waals surface area contributed by atoms with E-state index >= 15 is 0 Å². The van der Waals surface area contributed by atoms with E-state index in [2.05, 4.69) is 4.74 Å². The molecule has 0 spiro atoms. The Morgan fingerprint density at radius 2 is 1.87 bits per heavy atom. The SMILES string of the molecule is O=C(c1cc(OC(F)(F)F)ccc1Cl)C1CCN(C(=O)[O-])CC1. The molecule has 0 aliphatic carbocycles. The number of Topliss-reactive ketones (excluding diaryl/α,β-unsaturated/α-hetero) is 1. The highest BCUT2D eigenvalue weighted by Crippen LogP contribution is 2.30. The van der Waals surface area contributed by atoms with Crippen molar-refractivity contribution < 1.29 is 32.6 Å². The zero-order valence-electron chi connectivity index (χ0n) is 11.7. The lowest BCUT2D eigenvalue weighted by atomic mass is 9.89. The summed E-state index contributed by atoms with van der Waals surface area (Å²) in [5, 5.41) is 10.7. The number of benzene rings is 1. The van der Waals surface area contributed by atoms with Gasteiger partial charge in [-0.05, 0) is 31.0 Å². The van der Waals surface area contributed by atoms with Gasteiger partial charge in [0, 0.05) is 24.6 Å². The van der Waals surface area contributed by atoms with E-state index in [0.717, 1.165) is 23.1 Å². The Kier molecular flexibility index (Phi) is 5.03. The van der Waals surface area contributed by atoms with Crippen LogP contribution in [0.1, 0.15) is 23.2 Å². The van der Waals surface area contributed by atoms with E-state index in [0.29, 0.717) is 0 Å². The molecule has 1 aliphatic rings. The molecule has 1 saturated heterocycles. The Morgan fingerprint density at radius 3 is 2.39 bits per heavy atom. The first-order chi connectivity index (χ1) is 10.7. The van der Waals surface area contributed by atoms with Crippen molar-refractivity contribution in [2.45, 2.75) is 19.2 Å². The van der Waals surface area contributed by atoms with Crippen LogP contribution in [0.5, 0.6) is 5.75 Å². The molecule has 2 rings (SSSR count). The summed E-state index contributed by atoms with van der Waals surface area (Å²) >= 11 is 5.89. The molecule has 1 fully saturated rings. The minimum atomic E-state index is -4.87. The second-order valence-electron chi connectivity index (χ2n) is 5.08. The molecule has 1 aliphatic heterocycles. The van der Waals surface area contributed by atoms with Gasteiger partial charge in [0.05, 0.1) is 5.02 Å². The normalized spacial score (nSPS) is 16.3. The maximum absolute atomic E-state index is 12.4. The van der Waals surface area contributed by atoms with Crippen LogP contribution in [-0.2, 0) is 0 Å². The number of amides is 1. The van der Waals surface area contributed by atoms with Gasteiger partial charge in [0.15, 0.2) is 5.78 Å². The summed E-state index contributed by atoms with van der Waals surface area (Å²) in [6.07, 6.45) is -5.66. The highest BCUT2D eigenvalue weighted by molar-refractivity contribution is 6.34. The van der Waals surface area contributed by atoms with Crippen LogP contribution in [0.2, 0.25) is 5.02 Å². The number of nitrogens with zero attached hydrogens (tertiary/aromatic N) is 1. The van der Waals surface area contributed by atoms with Gasteiger partial charge in [-0.1, -0.05) is 11.6 Å². The van der Waals surface area contributed by atoms with Crippen molar-refractivity contribution in [3.63, 3.8) is 0 Å². The minimum Gasteiger partial charge on any atom is -0.530 e. The Hall–Kier alpha value is -1.96. The summed E-state index contributed by atoms with van der Waals surface area (Å²) in [6.45, 7) is 0.268. The smallest absolute Gasteiger partial charge is 0.530 e. The number of hydrogen-bond donors (Lipinski definition) is 0. The number of carbonyl (C=O) groups is 2. The van der Waals surface area contributed by atoms with Crippen LogP contribution in [0.4, 0.5) is 18.0 Å². The number of rotatable bonds is 3. The predicted molar refractivity (Wildman–Crippen MR) is 72.2 cm³/mol. The van der Waals surface area contributed by atoms with Crippen molar-refractivity contribution >= 4 is 23.5 Å². The maximum Gasteiger partial charge on any atom is 0.573 e. The summed E-state index contributed by atoms with van der Waals surface area (Å²) in [5.74, 6) is -1.47. The van der Waals surface area contributed by atoms with Crippen LogP contribution >= 0.6 is 11.6 Å². The third-order valence-electron chi connectivity index (χ3n) is 3.56. The van der Waals surface area contributed by atoms with Gasteiger partial charge in [-0.15, -0.1) is 13.2 Å². The molecule has 0 saturated carbocycles. The van der Waals surface area contributed by atoms with Gasteiger partial charge in [-0.25, -0.2) is 0 Å². The molecule has 1 amide bonds. The van der Waals surface area contributed by atoms with Crippen molar-refractivity contribution in [2.75, 3.05) is 13.1 Å². The molecular weight excluding hydrogens is 339 g/mol. The highest BCUT2D eigenvalue weighted by atomic mass is 35.5. The summed E-state index contributed by atoms with van der Waals surface area (Å²) < 4.78 is 40.5. The van der Waals surface area contributed by atoms with Crippen molar-refractivity contribution in [3.05, 3.63) is 28.8 Å². The first-order valence-electron chi connectivity index (χ1n) is 6.73. The molecule has 0 unspecified atom stereocenters. The summed E-state index contributed by atoms with van der Waals surface area (Å²) in [6, 6.07) is 3.13. The predicted octanol–water partition coefficient (Wildman–Crippen LogP) is 2.48. The number of ether oxygens (including phenoxy) is 1. The van der Waals surface area contributed by atoms with E-state index < -0.39 is 29.9 Å². The number of piperidine rings is 1. The van der Waals surface area contributed by atoms with E-state index in [1.807, 2.05) is 0 Å². The topological polar surface area (TPSA) is 69.7 Å². The largest absolute Gasteiger partial charge is 0.573 e. The lowest BCUT2D eigenvalue weighted by Crippen LogP contribution is -2.46. The first-order valence-corrected chi connectivity index (χ1v) is 7.10. The lowest BCUT2D eigenvalue weighted by Gasteiger charge is -2.33. The summed E-state index contributed by atoms with van der Waals surface area (Å²) in [7, 11) is 0. The van der Waals surface area contributed by atoms with Crippen molar-refractivity contribution in [1.82, 2.24) is 4.90 Å². The van der Waals surface area contributed by atoms with Crippen LogP contribution in [-0.4, -0.2) is 36.2 Å². The molecule has 0 radical (unpaired) electrons. The molecule has 126 valence electrons. The molecule has 1 aromatic carbocycles. The molecule has 23 heavy (non-hydrogen) atoms. The van der Waals surface area contributed by atoms with E-state index in [-0.39, 0.29) is 36.5 Å². The van der Waals surface area contributed by atoms with Crippen LogP contribution in [0, 0.1) is 5.92 Å². The molecular formula is C14H12ClF3NO4-. The Balaban J connectivity index is 2.13. The molecule has 0 aromatic heterocycles. The van der Waals surface area contributed by atoms with Crippen molar-refractivity contribution in [2.24, 2.45) is 5.92 Å². The van der Waals surface area contributed by atoms with Gasteiger partial charge in [-0.3, -0.25) is 4.79 Å². The number of likely N-dealkylation sites (tertiary alicyclic amines) is 1. The average molecular weight is 351 g/mol. The van der Waals surface area contributed by atoms with Crippen molar-refractivity contribution in [1.29, 1.82) is 0 Å². The van der Waals surface area contributed by atoms with Crippen LogP contribution in [0.15, 0.2) is 18.2 Å². The van der Waals surface area contributed by atoms with E-state index in [1.165, 1.54) is 0 Å². The second kappa shape index (κ2) is 6.66. The molecule has 9 heteroatoms. The van der Waals surface area contributed by atoms with Crippen LogP contribution < -0.4 is 9.84 Å². The average Bonchev–Trinajstić information content (AvgIpc) is 2.47. The number of halogens is 4. The Bertz CT molecular complexity index is 613.